The van der Waals surface area contributed by atoms with Crippen LogP contribution in [0.2, 0.25) is 0 Å². The van der Waals surface area contributed by atoms with Crippen LogP contribution in [0.3, 0.4) is 0 Å². The molecule has 0 spiro atoms. The van der Waals surface area contributed by atoms with Gasteiger partial charge in [0, 0.05) is 23.7 Å². The summed E-state index contributed by atoms with van der Waals surface area (Å²) in [7, 11) is 0. The van der Waals surface area contributed by atoms with Crippen LogP contribution in [-0.4, -0.2) is 34.9 Å². The molecule has 4 aromatic carbocycles. The summed E-state index contributed by atoms with van der Waals surface area (Å²) in [4.78, 5) is 42.5. The van der Waals surface area contributed by atoms with Gasteiger partial charge in [0.2, 0.25) is 11.8 Å². The van der Waals surface area contributed by atoms with Crippen LogP contribution in [-0.2, 0) is 21.0 Å². The van der Waals surface area contributed by atoms with Crippen molar-refractivity contribution < 1.29 is 29.0 Å². The van der Waals surface area contributed by atoms with Crippen molar-refractivity contribution in [1.82, 2.24) is 0 Å². The van der Waals surface area contributed by atoms with Crippen LogP contribution >= 0.6 is 0 Å². The summed E-state index contributed by atoms with van der Waals surface area (Å²) in [5.41, 5.74) is 5.80. The summed E-state index contributed by atoms with van der Waals surface area (Å²) in [6, 6.07) is 24.5. The molecule has 1 aliphatic rings. The van der Waals surface area contributed by atoms with Crippen LogP contribution in [0.25, 0.3) is 0 Å². The van der Waals surface area contributed by atoms with Gasteiger partial charge in [0.05, 0.1) is 18.1 Å². The number of aryl methyl sites for hydroxylation is 5. The highest BCUT2D eigenvalue weighted by Gasteiger charge is 2.56. The lowest BCUT2D eigenvalue weighted by molar-refractivity contribution is -0.150. The fourth-order valence-electron chi connectivity index (χ4n) is 6.90. The number of ketones is 1. The number of nitrogens with one attached hydrogen (secondary N) is 2. The first kappa shape index (κ1) is 35.4. The first-order chi connectivity index (χ1) is 23.3. The summed E-state index contributed by atoms with van der Waals surface area (Å²) in [5.74, 6) is -4.07. The van der Waals surface area contributed by atoms with E-state index in [1.807, 2.05) is 96.1 Å². The van der Waals surface area contributed by atoms with E-state index in [1.165, 1.54) is 6.92 Å². The molecular weight excluding hydrogens is 616 g/mol. The summed E-state index contributed by atoms with van der Waals surface area (Å²) in [6.07, 6.45) is -0.366. The normalized spacial score (nSPS) is 20.4. The Kier molecular flexibility index (Phi) is 10.6. The topological polar surface area (TPSA) is 114 Å². The minimum absolute atomic E-state index is 0.305. The zero-order valence-corrected chi connectivity index (χ0v) is 29.3. The minimum atomic E-state index is -1.76. The molecule has 5 rings (SSSR count). The van der Waals surface area contributed by atoms with Crippen molar-refractivity contribution in [2.24, 2.45) is 11.8 Å². The standard InChI is InChI=1S/C41H46N2O6/c1-8-48-35-21-30(14-17-34(35)49-23-29-11-9-10-24(2)20-29)36-37(39(45)42-31-15-12-25(3)18-27(31)5)33(44)22-41(7,47)38(36)40(46)43-32-16-13-26(4)19-28(32)6/h9-21,36-38,47H,8,22-23H2,1-7H3,(H,42,45)(H,43,46). The van der Waals surface area contributed by atoms with Crippen LogP contribution in [0.1, 0.15) is 65.1 Å². The molecule has 8 nitrogen and oxygen atoms in total. The predicted octanol–water partition coefficient (Wildman–Crippen LogP) is 7.52. The average molecular weight is 663 g/mol. The van der Waals surface area contributed by atoms with E-state index < -0.39 is 41.0 Å². The van der Waals surface area contributed by atoms with Gasteiger partial charge in [-0.3, -0.25) is 14.4 Å². The molecular formula is C41H46N2O6. The Labute approximate surface area is 288 Å². The van der Waals surface area contributed by atoms with Gasteiger partial charge in [0.15, 0.2) is 11.5 Å². The highest BCUT2D eigenvalue weighted by Crippen LogP contribution is 2.48. The zero-order valence-electron chi connectivity index (χ0n) is 29.3. The third-order valence-corrected chi connectivity index (χ3v) is 9.24. The van der Waals surface area contributed by atoms with Gasteiger partial charge in [0.25, 0.3) is 0 Å². The maximum absolute atomic E-state index is 14.3. The number of carbonyl (C=O) groups is 3. The molecule has 0 aromatic heterocycles. The smallest absolute Gasteiger partial charge is 0.235 e. The molecule has 256 valence electrons. The molecule has 1 fully saturated rings. The van der Waals surface area contributed by atoms with E-state index in [0.717, 1.165) is 33.4 Å². The molecule has 1 saturated carbocycles. The van der Waals surface area contributed by atoms with Crippen molar-refractivity contribution in [3.05, 3.63) is 118 Å². The largest absolute Gasteiger partial charge is 0.490 e. The Morgan fingerprint density at radius 3 is 1.98 bits per heavy atom. The van der Waals surface area contributed by atoms with Crippen LogP contribution in [0.5, 0.6) is 11.5 Å². The van der Waals surface area contributed by atoms with Gasteiger partial charge in [-0.2, -0.15) is 0 Å². The van der Waals surface area contributed by atoms with Gasteiger partial charge in [0.1, 0.15) is 18.3 Å². The molecule has 4 atom stereocenters. The number of rotatable bonds is 10. The monoisotopic (exact) mass is 662 g/mol. The second-order valence-corrected chi connectivity index (χ2v) is 13.5. The molecule has 0 aliphatic heterocycles. The SMILES string of the molecule is CCOc1cc(C2C(C(=O)Nc3ccc(C)cc3C)C(=O)CC(C)(O)C2C(=O)Nc2ccc(C)cc2C)ccc1OCc1cccc(C)c1. The van der Waals surface area contributed by atoms with Gasteiger partial charge < -0.3 is 25.2 Å². The molecule has 0 heterocycles. The van der Waals surface area contributed by atoms with Gasteiger partial charge in [-0.25, -0.2) is 0 Å². The lowest BCUT2D eigenvalue weighted by Crippen LogP contribution is -2.56. The molecule has 4 unspecified atom stereocenters. The van der Waals surface area contributed by atoms with Gasteiger partial charge in [-0.15, -0.1) is 0 Å². The fraction of sp³-hybridized carbons (Fsp3) is 0.341. The Balaban J connectivity index is 1.58. The molecule has 0 saturated heterocycles. The third kappa shape index (κ3) is 8.03. The van der Waals surface area contributed by atoms with Gasteiger partial charge in [-0.1, -0.05) is 71.3 Å². The number of carbonyl (C=O) groups excluding carboxylic acids is 3. The van der Waals surface area contributed by atoms with E-state index in [4.69, 9.17) is 9.47 Å². The Hall–Kier alpha value is -4.95. The molecule has 49 heavy (non-hydrogen) atoms. The van der Waals surface area contributed by atoms with Crippen LogP contribution in [0, 0.1) is 46.5 Å². The average Bonchev–Trinajstić information content (AvgIpc) is 3.02. The highest BCUT2D eigenvalue weighted by atomic mass is 16.5. The number of aliphatic hydroxyl groups is 1. The van der Waals surface area contributed by atoms with E-state index in [9.17, 15) is 19.5 Å². The van der Waals surface area contributed by atoms with Crippen molar-refractivity contribution in [1.29, 1.82) is 0 Å². The van der Waals surface area contributed by atoms with E-state index in [1.54, 1.807) is 24.3 Å². The molecule has 0 bridgehead atoms. The lowest BCUT2D eigenvalue weighted by atomic mass is 9.61. The Bertz CT molecular complexity index is 1880. The van der Waals surface area contributed by atoms with Gasteiger partial charge >= 0.3 is 0 Å². The summed E-state index contributed by atoms with van der Waals surface area (Å²) in [6.45, 7) is 13.7. The number of amides is 2. The molecule has 4 aromatic rings. The van der Waals surface area contributed by atoms with E-state index in [0.29, 0.717) is 41.7 Å². The Morgan fingerprint density at radius 1 is 0.776 bits per heavy atom. The lowest BCUT2D eigenvalue weighted by Gasteiger charge is -2.44. The summed E-state index contributed by atoms with van der Waals surface area (Å²) < 4.78 is 12.2. The van der Waals surface area contributed by atoms with E-state index in [2.05, 4.69) is 10.6 Å². The molecule has 2 amide bonds. The van der Waals surface area contributed by atoms with Crippen molar-refractivity contribution in [3.8, 4) is 11.5 Å². The number of hydrogen-bond donors (Lipinski definition) is 3. The van der Waals surface area contributed by atoms with Crippen molar-refractivity contribution in [2.45, 2.75) is 73.0 Å². The summed E-state index contributed by atoms with van der Waals surface area (Å²) in [5, 5.41) is 17.8. The van der Waals surface area contributed by atoms with Crippen LogP contribution in [0.4, 0.5) is 11.4 Å². The van der Waals surface area contributed by atoms with Crippen LogP contribution in [0.15, 0.2) is 78.9 Å². The van der Waals surface area contributed by atoms with Crippen LogP contribution < -0.4 is 20.1 Å². The summed E-state index contributed by atoms with van der Waals surface area (Å²) >= 11 is 0. The number of hydrogen-bond acceptors (Lipinski definition) is 6. The first-order valence-corrected chi connectivity index (χ1v) is 16.7. The number of benzene rings is 4. The van der Waals surface area contributed by atoms with Gasteiger partial charge in [-0.05, 0) is 95.0 Å². The van der Waals surface area contributed by atoms with E-state index in [-0.39, 0.29) is 6.42 Å². The zero-order chi connectivity index (χ0) is 35.5. The molecule has 3 N–H and O–H groups in total. The third-order valence-electron chi connectivity index (χ3n) is 9.24. The fourth-order valence-corrected chi connectivity index (χ4v) is 6.90. The van der Waals surface area contributed by atoms with Crippen molar-refractivity contribution in [3.63, 3.8) is 0 Å². The molecule has 1 aliphatic carbocycles. The van der Waals surface area contributed by atoms with E-state index >= 15 is 0 Å². The Morgan fingerprint density at radius 2 is 1.39 bits per heavy atom. The number of ether oxygens (including phenoxy) is 2. The highest BCUT2D eigenvalue weighted by molar-refractivity contribution is 6.10. The van der Waals surface area contributed by atoms with Crippen molar-refractivity contribution >= 4 is 29.0 Å². The van der Waals surface area contributed by atoms with Crippen molar-refractivity contribution in [2.75, 3.05) is 17.2 Å². The minimum Gasteiger partial charge on any atom is -0.490 e. The number of Topliss-reactive ketones (excluding diaryl/α,β-unsaturated/α-hetero) is 1. The number of anilines is 2. The second kappa shape index (κ2) is 14.7. The predicted molar refractivity (Wildman–Crippen MR) is 192 cm³/mol. The molecule has 8 heteroatoms. The first-order valence-electron chi connectivity index (χ1n) is 16.7. The maximum Gasteiger partial charge on any atom is 0.235 e. The quantitative estimate of drug-likeness (QED) is 0.151. The molecule has 0 radical (unpaired) electrons. The maximum atomic E-state index is 14.3. The second-order valence-electron chi connectivity index (χ2n) is 13.5.